The van der Waals surface area contributed by atoms with Gasteiger partial charge in [-0.25, -0.2) is 9.18 Å². The molecule has 3 aromatic rings. The van der Waals surface area contributed by atoms with Crippen molar-refractivity contribution >= 4 is 23.1 Å². The molecule has 4 N–H and O–H groups in total. The van der Waals surface area contributed by atoms with Crippen molar-refractivity contribution in [1.29, 1.82) is 0 Å². The number of H-pyrrole nitrogens is 1. The summed E-state index contributed by atoms with van der Waals surface area (Å²) >= 11 is 0. The van der Waals surface area contributed by atoms with Crippen LogP contribution in [0.4, 0.5) is 21.6 Å². The van der Waals surface area contributed by atoms with Crippen molar-refractivity contribution in [1.82, 2.24) is 9.55 Å². The Bertz CT molecular complexity index is 1240. The number of rotatable bonds is 9. The molecule has 3 rings (SSSR count). The fourth-order valence-corrected chi connectivity index (χ4v) is 3.41. The molecule has 0 radical (unpaired) electrons. The van der Waals surface area contributed by atoms with E-state index in [1.165, 1.54) is 15.5 Å². The number of aryl methyl sites for hydroxylation is 1. The number of carbonyl (C=O) groups is 1. The highest BCUT2D eigenvalue weighted by Gasteiger charge is 2.24. The summed E-state index contributed by atoms with van der Waals surface area (Å²) in [5.74, 6) is -0.894. The van der Waals surface area contributed by atoms with Crippen LogP contribution in [-0.4, -0.2) is 28.5 Å². The number of hydrogen-bond donors (Lipinski definition) is 3. The topological polar surface area (TPSA) is 113 Å². The lowest BCUT2D eigenvalue weighted by molar-refractivity contribution is -0.117. The van der Waals surface area contributed by atoms with E-state index in [9.17, 15) is 18.8 Å². The van der Waals surface area contributed by atoms with Crippen LogP contribution in [0.1, 0.15) is 30.9 Å². The Morgan fingerprint density at radius 1 is 1.18 bits per heavy atom. The molecule has 33 heavy (non-hydrogen) atoms. The zero-order chi connectivity index (χ0) is 24.0. The molecule has 0 bridgehead atoms. The molecule has 0 saturated heterocycles. The van der Waals surface area contributed by atoms with Gasteiger partial charge in [-0.1, -0.05) is 49.7 Å². The van der Waals surface area contributed by atoms with Gasteiger partial charge in [0.1, 0.15) is 11.6 Å². The second-order valence-corrected chi connectivity index (χ2v) is 7.78. The molecule has 0 aliphatic heterocycles. The van der Waals surface area contributed by atoms with Crippen molar-refractivity contribution in [2.24, 2.45) is 0 Å². The van der Waals surface area contributed by atoms with Crippen molar-refractivity contribution in [3.63, 3.8) is 0 Å². The molecular formula is C24H28FN5O3. The summed E-state index contributed by atoms with van der Waals surface area (Å²) < 4.78 is 15.1. The van der Waals surface area contributed by atoms with Gasteiger partial charge in [-0.15, -0.1) is 0 Å². The molecule has 9 heteroatoms. The first-order valence-corrected chi connectivity index (χ1v) is 10.8. The molecule has 0 unspecified atom stereocenters. The third-order valence-electron chi connectivity index (χ3n) is 5.32. The van der Waals surface area contributed by atoms with Gasteiger partial charge in [0.2, 0.25) is 5.91 Å². The highest BCUT2D eigenvalue weighted by Crippen LogP contribution is 2.19. The number of aromatic nitrogens is 2. The van der Waals surface area contributed by atoms with Gasteiger partial charge < -0.3 is 16.0 Å². The lowest BCUT2D eigenvalue weighted by Gasteiger charge is -2.25. The Hall–Kier alpha value is -3.88. The third-order valence-corrected chi connectivity index (χ3v) is 5.32. The van der Waals surface area contributed by atoms with E-state index in [2.05, 4.69) is 10.3 Å². The van der Waals surface area contributed by atoms with E-state index < -0.39 is 17.2 Å². The average Bonchev–Trinajstić information content (AvgIpc) is 2.80. The van der Waals surface area contributed by atoms with E-state index in [4.69, 9.17) is 5.73 Å². The third kappa shape index (κ3) is 5.68. The molecular weight excluding hydrogens is 425 g/mol. The Morgan fingerprint density at radius 3 is 2.58 bits per heavy atom. The number of nitrogen functional groups attached to an aromatic ring is 1. The number of aromatic amines is 1. The predicted molar refractivity (Wildman–Crippen MR) is 128 cm³/mol. The normalized spacial score (nSPS) is 10.8. The van der Waals surface area contributed by atoms with Gasteiger partial charge in [-0.05, 0) is 36.6 Å². The average molecular weight is 454 g/mol. The van der Waals surface area contributed by atoms with Gasteiger partial charge in [-0.3, -0.25) is 19.1 Å². The van der Waals surface area contributed by atoms with Crippen LogP contribution >= 0.6 is 0 Å². The van der Waals surface area contributed by atoms with Crippen LogP contribution in [0.15, 0.2) is 58.1 Å². The summed E-state index contributed by atoms with van der Waals surface area (Å²) in [5.41, 5.74) is 6.57. The maximum Gasteiger partial charge on any atom is 0.330 e. The number of nitrogens with zero attached hydrogens (tertiary/aromatic N) is 2. The zero-order valence-corrected chi connectivity index (χ0v) is 18.7. The van der Waals surface area contributed by atoms with E-state index in [0.717, 1.165) is 12.0 Å². The van der Waals surface area contributed by atoms with Crippen molar-refractivity contribution in [3.8, 4) is 0 Å². The number of benzene rings is 2. The van der Waals surface area contributed by atoms with Crippen LogP contribution in [0, 0.1) is 12.7 Å². The lowest BCUT2D eigenvalue weighted by Crippen LogP contribution is -2.43. The minimum Gasteiger partial charge on any atom is -0.383 e. The molecule has 2 aromatic carbocycles. The van der Waals surface area contributed by atoms with Crippen LogP contribution in [0.5, 0.6) is 0 Å². The molecule has 174 valence electrons. The van der Waals surface area contributed by atoms with Gasteiger partial charge in [0.15, 0.2) is 5.69 Å². The summed E-state index contributed by atoms with van der Waals surface area (Å²) in [5, 5.41) is 2.89. The lowest BCUT2D eigenvalue weighted by atomic mass is 10.2. The fourth-order valence-electron chi connectivity index (χ4n) is 3.41. The molecule has 0 spiro atoms. The summed E-state index contributed by atoms with van der Waals surface area (Å²) in [6, 6.07) is 13.8. The Balaban J connectivity index is 1.92. The molecule has 8 nitrogen and oxygen atoms in total. The van der Waals surface area contributed by atoms with Gasteiger partial charge in [0, 0.05) is 12.2 Å². The second kappa shape index (κ2) is 10.6. The summed E-state index contributed by atoms with van der Waals surface area (Å²) in [4.78, 5) is 41.9. The van der Waals surface area contributed by atoms with Gasteiger partial charge in [-0.2, -0.15) is 0 Å². The maximum atomic E-state index is 13.8. The van der Waals surface area contributed by atoms with Gasteiger partial charge in [0.05, 0.1) is 13.1 Å². The van der Waals surface area contributed by atoms with Gasteiger partial charge >= 0.3 is 5.69 Å². The van der Waals surface area contributed by atoms with Crippen molar-refractivity contribution in [2.75, 3.05) is 29.0 Å². The molecule has 1 aromatic heterocycles. The van der Waals surface area contributed by atoms with Gasteiger partial charge in [0.25, 0.3) is 5.56 Å². The highest BCUT2D eigenvalue weighted by molar-refractivity contribution is 5.98. The van der Waals surface area contributed by atoms with Crippen LogP contribution in [0.2, 0.25) is 0 Å². The minimum atomic E-state index is -0.729. The van der Waals surface area contributed by atoms with Crippen molar-refractivity contribution in [2.45, 2.75) is 33.2 Å². The molecule has 1 amide bonds. The first-order valence-electron chi connectivity index (χ1n) is 10.8. The summed E-state index contributed by atoms with van der Waals surface area (Å²) in [6.07, 6.45) is 1.41. The number of carbonyl (C=O) groups excluding carboxylic acids is 1. The number of unbranched alkanes of at least 4 members (excludes halogenated alkanes) is 1. The quantitative estimate of drug-likeness (QED) is 0.461. The Morgan fingerprint density at radius 2 is 1.91 bits per heavy atom. The second-order valence-electron chi connectivity index (χ2n) is 7.78. The van der Waals surface area contributed by atoms with Crippen molar-refractivity contribution in [3.05, 3.63) is 86.3 Å². The predicted octanol–water partition coefficient (Wildman–Crippen LogP) is 2.86. The van der Waals surface area contributed by atoms with E-state index in [1.807, 2.05) is 37.3 Å². The largest absolute Gasteiger partial charge is 0.383 e. The molecule has 0 aliphatic carbocycles. The highest BCUT2D eigenvalue weighted by atomic mass is 19.1. The molecule has 0 saturated carbocycles. The molecule has 0 atom stereocenters. The first-order chi connectivity index (χ1) is 15.8. The van der Waals surface area contributed by atoms with E-state index in [-0.39, 0.29) is 37.0 Å². The maximum absolute atomic E-state index is 13.8. The van der Waals surface area contributed by atoms with E-state index in [1.54, 1.807) is 19.1 Å². The van der Waals surface area contributed by atoms with Crippen LogP contribution < -0.4 is 27.2 Å². The number of nitrogens with one attached hydrogen (secondary N) is 2. The fraction of sp³-hybridized carbons (Fsp3) is 0.292. The molecule has 0 fully saturated rings. The summed E-state index contributed by atoms with van der Waals surface area (Å²) in [7, 11) is 0. The minimum absolute atomic E-state index is 0.0686. The molecule has 0 aliphatic rings. The van der Waals surface area contributed by atoms with Crippen LogP contribution in [0.25, 0.3) is 0 Å². The summed E-state index contributed by atoms with van der Waals surface area (Å²) in [6.45, 7) is 3.82. The van der Waals surface area contributed by atoms with Crippen LogP contribution in [0.3, 0.4) is 0 Å². The number of nitrogens with two attached hydrogens (primary N) is 1. The first kappa shape index (κ1) is 23.8. The Labute approximate surface area is 190 Å². The van der Waals surface area contributed by atoms with Crippen LogP contribution in [-0.2, 0) is 11.3 Å². The van der Waals surface area contributed by atoms with Crippen molar-refractivity contribution < 1.29 is 9.18 Å². The SMILES string of the molecule is CCCCN(C(=O)CNc1ccc(C)c(F)c1)c1c(N)n(Cc2ccccc2)c(=O)[nH]c1=O. The molecule has 1 heterocycles. The number of halogens is 1. The number of amides is 1. The van der Waals surface area contributed by atoms with E-state index in [0.29, 0.717) is 17.7 Å². The Kier molecular flexibility index (Phi) is 7.66. The number of hydrogen-bond acceptors (Lipinski definition) is 5. The van der Waals surface area contributed by atoms with E-state index >= 15 is 0 Å². The standard InChI is InChI=1S/C24H28FN5O3/c1-3-4-12-29(20(31)14-27-18-11-10-16(2)19(25)13-18)21-22(26)30(24(33)28-23(21)32)15-17-8-6-5-7-9-17/h5-11,13,27H,3-4,12,14-15,26H2,1-2H3,(H,28,32,33). The smallest absolute Gasteiger partial charge is 0.330 e. The monoisotopic (exact) mass is 453 g/mol. The zero-order valence-electron chi connectivity index (χ0n) is 18.7. The number of anilines is 3.